The molecular weight excluding hydrogens is 384 g/mol. The highest BCUT2D eigenvalue weighted by Gasteiger charge is 2.53. The number of hydrogen-bond acceptors (Lipinski definition) is 4. The van der Waals surface area contributed by atoms with E-state index in [4.69, 9.17) is 0 Å². The summed E-state index contributed by atoms with van der Waals surface area (Å²) in [5.41, 5.74) is 1.82. The highest BCUT2D eigenvalue weighted by atomic mass is 16.6. The van der Waals surface area contributed by atoms with E-state index in [0.717, 1.165) is 5.56 Å². The van der Waals surface area contributed by atoms with Gasteiger partial charge in [0.25, 0.3) is 11.6 Å². The van der Waals surface area contributed by atoms with Crippen molar-refractivity contribution in [1.82, 2.24) is 4.90 Å². The van der Waals surface area contributed by atoms with Crippen molar-refractivity contribution in [3.63, 3.8) is 0 Å². The summed E-state index contributed by atoms with van der Waals surface area (Å²) in [4.78, 5) is 38.3. The predicted octanol–water partition coefficient (Wildman–Crippen LogP) is 3.73. The number of carbonyl (C=O) groups is 2. The summed E-state index contributed by atoms with van der Waals surface area (Å²) in [5, 5.41) is 21.4. The average Bonchev–Trinajstić information content (AvgIpc) is 3.10. The van der Waals surface area contributed by atoms with Crippen molar-refractivity contribution in [2.24, 2.45) is 17.8 Å². The third-order valence-electron chi connectivity index (χ3n) is 6.50. The molecule has 2 aromatic rings. The molecule has 4 atom stereocenters. The fraction of sp³-hybridized carbons (Fsp3) is 0.391. The number of nitro groups is 1. The van der Waals surface area contributed by atoms with Crippen LogP contribution in [0.1, 0.15) is 41.3 Å². The molecule has 7 heteroatoms. The molecule has 7 nitrogen and oxygen atoms in total. The van der Waals surface area contributed by atoms with Crippen LogP contribution in [0.4, 0.5) is 5.69 Å². The maximum atomic E-state index is 13.3. The minimum absolute atomic E-state index is 0.000110. The Kier molecular flexibility index (Phi) is 5.05. The van der Waals surface area contributed by atoms with Gasteiger partial charge in [-0.15, -0.1) is 0 Å². The predicted molar refractivity (Wildman–Crippen MR) is 110 cm³/mol. The topological polar surface area (TPSA) is 101 Å². The van der Waals surface area contributed by atoms with Gasteiger partial charge in [0.1, 0.15) is 0 Å². The molecule has 0 radical (unpaired) electrons. The highest BCUT2D eigenvalue weighted by molar-refractivity contribution is 5.95. The molecule has 1 amide bonds. The molecule has 4 rings (SSSR count). The molecule has 1 fully saturated rings. The van der Waals surface area contributed by atoms with E-state index in [1.165, 1.54) is 12.1 Å². The zero-order valence-electron chi connectivity index (χ0n) is 16.9. The minimum Gasteiger partial charge on any atom is -0.481 e. The number of fused-ring (bicyclic) bond motifs is 2. The van der Waals surface area contributed by atoms with E-state index >= 15 is 0 Å². The second kappa shape index (κ2) is 7.55. The Balaban J connectivity index is 1.78. The molecule has 30 heavy (non-hydrogen) atoms. The van der Waals surface area contributed by atoms with Crippen LogP contribution in [-0.2, 0) is 11.2 Å². The molecule has 156 valence electrons. The molecule has 0 bridgehead atoms. The number of aliphatic carboxylic acids is 1. The van der Waals surface area contributed by atoms with Gasteiger partial charge in [0.2, 0.25) is 0 Å². The Labute approximate surface area is 174 Å². The third kappa shape index (κ3) is 3.24. The average molecular weight is 408 g/mol. The van der Waals surface area contributed by atoms with Crippen LogP contribution in [0.2, 0.25) is 0 Å². The number of nitrogens with zero attached hydrogens (tertiary/aromatic N) is 2. The van der Waals surface area contributed by atoms with E-state index in [2.05, 4.69) is 0 Å². The van der Waals surface area contributed by atoms with Gasteiger partial charge in [0, 0.05) is 36.2 Å². The summed E-state index contributed by atoms with van der Waals surface area (Å²) in [6.45, 7) is 4.49. The number of non-ortho nitro benzene ring substituents is 1. The lowest BCUT2D eigenvalue weighted by Gasteiger charge is -2.38. The normalized spacial score (nSPS) is 25.0. The first-order valence-electron chi connectivity index (χ1n) is 10.2. The maximum Gasteiger partial charge on any atom is 0.311 e. The van der Waals surface area contributed by atoms with Crippen LogP contribution in [0.3, 0.4) is 0 Å². The molecule has 1 N–H and O–H groups in total. The Hall–Kier alpha value is -3.22. The monoisotopic (exact) mass is 408 g/mol. The molecule has 1 aliphatic carbocycles. The number of carboxylic acid groups (broad SMARTS) is 1. The number of benzene rings is 2. The minimum atomic E-state index is -0.994. The van der Waals surface area contributed by atoms with Crippen molar-refractivity contribution in [2.45, 2.75) is 32.2 Å². The van der Waals surface area contributed by atoms with Crippen LogP contribution < -0.4 is 0 Å². The number of rotatable bonds is 4. The van der Waals surface area contributed by atoms with Gasteiger partial charge in [-0.2, -0.15) is 0 Å². The quantitative estimate of drug-likeness (QED) is 0.614. The Morgan fingerprint density at radius 1 is 1.17 bits per heavy atom. The SMILES string of the molecule is CC(C)[C@H]1[C@H]2[C@@H](Cc3ccc([N+](=O)[O-])cc3[C@@H]2C(=O)O)CN1C(=O)c1ccccc1. The third-order valence-corrected chi connectivity index (χ3v) is 6.50. The molecule has 1 aliphatic heterocycles. The lowest BCUT2D eigenvalue weighted by atomic mass is 9.66. The fourth-order valence-corrected chi connectivity index (χ4v) is 5.38. The van der Waals surface area contributed by atoms with Crippen LogP contribution in [0.15, 0.2) is 48.5 Å². The first-order chi connectivity index (χ1) is 14.3. The van der Waals surface area contributed by atoms with E-state index in [1.807, 2.05) is 36.9 Å². The number of carbonyl (C=O) groups excluding carboxylic acids is 1. The van der Waals surface area contributed by atoms with Crippen molar-refractivity contribution in [3.8, 4) is 0 Å². The molecule has 0 spiro atoms. The largest absolute Gasteiger partial charge is 0.481 e. The van der Waals surface area contributed by atoms with Crippen molar-refractivity contribution in [2.75, 3.05) is 6.54 Å². The summed E-state index contributed by atoms with van der Waals surface area (Å²) in [6, 6.07) is 13.3. The van der Waals surface area contributed by atoms with E-state index in [9.17, 15) is 24.8 Å². The van der Waals surface area contributed by atoms with Crippen LogP contribution in [0.25, 0.3) is 0 Å². The summed E-state index contributed by atoms with van der Waals surface area (Å²) in [5.74, 6) is -2.20. The molecule has 0 aromatic heterocycles. The van der Waals surface area contributed by atoms with E-state index in [1.54, 1.807) is 18.2 Å². The Morgan fingerprint density at radius 3 is 2.47 bits per heavy atom. The fourth-order valence-electron chi connectivity index (χ4n) is 5.38. The molecular formula is C23H24N2O5. The van der Waals surface area contributed by atoms with Gasteiger partial charge in [-0.05, 0) is 41.5 Å². The van der Waals surface area contributed by atoms with Crippen molar-refractivity contribution < 1.29 is 19.6 Å². The zero-order chi connectivity index (χ0) is 21.6. The van der Waals surface area contributed by atoms with Crippen LogP contribution in [0.5, 0.6) is 0 Å². The standard InChI is InChI=1S/C23H24N2O5/c1-13(2)21-19-16(12-24(21)22(26)14-6-4-3-5-7-14)10-15-8-9-17(25(29)30)11-18(15)20(19)23(27)28/h3-9,11,13,16,19-21H,10,12H2,1-2H3,(H,27,28)/t16-,19-,20-,21-/m0/s1. The van der Waals surface area contributed by atoms with Crippen LogP contribution >= 0.6 is 0 Å². The van der Waals surface area contributed by atoms with Gasteiger partial charge < -0.3 is 10.0 Å². The molecule has 0 unspecified atom stereocenters. The molecule has 2 aliphatic rings. The first-order valence-corrected chi connectivity index (χ1v) is 10.2. The van der Waals surface area contributed by atoms with E-state index in [0.29, 0.717) is 24.1 Å². The smallest absolute Gasteiger partial charge is 0.311 e. The lowest BCUT2D eigenvalue weighted by Crippen LogP contribution is -2.44. The van der Waals surface area contributed by atoms with Crippen molar-refractivity contribution in [1.29, 1.82) is 0 Å². The van der Waals surface area contributed by atoms with Crippen molar-refractivity contribution in [3.05, 3.63) is 75.3 Å². The summed E-state index contributed by atoms with van der Waals surface area (Å²) >= 11 is 0. The first kappa shape index (κ1) is 20.1. The maximum absolute atomic E-state index is 13.3. The van der Waals surface area contributed by atoms with Gasteiger partial charge in [-0.1, -0.05) is 38.1 Å². The Bertz CT molecular complexity index is 1000. The molecule has 2 aromatic carbocycles. The van der Waals surface area contributed by atoms with Gasteiger partial charge >= 0.3 is 5.97 Å². The van der Waals surface area contributed by atoms with Gasteiger partial charge in [0.15, 0.2) is 0 Å². The number of carboxylic acids is 1. The van der Waals surface area contributed by atoms with Gasteiger partial charge in [0.05, 0.1) is 10.8 Å². The number of likely N-dealkylation sites (tertiary alicyclic amines) is 1. The van der Waals surface area contributed by atoms with Gasteiger partial charge in [-0.25, -0.2) is 0 Å². The number of nitro benzene ring substituents is 1. The van der Waals surface area contributed by atoms with E-state index < -0.39 is 16.8 Å². The molecule has 0 saturated carbocycles. The second-order valence-corrected chi connectivity index (χ2v) is 8.56. The second-order valence-electron chi connectivity index (χ2n) is 8.56. The zero-order valence-corrected chi connectivity index (χ0v) is 16.9. The highest BCUT2D eigenvalue weighted by Crippen LogP contribution is 2.49. The van der Waals surface area contributed by atoms with E-state index in [-0.39, 0.29) is 35.4 Å². The Morgan fingerprint density at radius 2 is 1.87 bits per heavy atom. The van der Waals surface area contributed by atoms with Crippen molar-refractivity contribution >= 4 is 17.6 Å². The number of hydrogen-bond donors (Lipinski definition) is 1. The van der Waals surface area contributed by atoms with Crippen LogP contribution in [0, 0.1) is 27.9 Å². The lowest BCUT2D eigenvalue weighted by molar-refractivity contribution is -0.385. The number of amides is 1. The summed E-state index contributed by atoms with van der Waals surface area (Å²) < 4.78 is 0. The summed E-state index contributed by atoms with van der Waals surface area (Å²) in [7, 11) is 0. The molecule has 1 heterocycles. The van der Waals surface area contributed by atoms with Crippen LogP contribution in [-0.4, -0.2) is 39.4 Å². The summed E-state index contributed by atoms with van der Waals surface area (Å²) in [6.07, 6.45) is 0.615. The van der Waals surface area contributed by atoms with Gasteiger partial charge in [-0.3, -0.25) is 19.7 Å². The molecule has 1 saturated heterocycles.